The summed E-state index contributed by atoms with van der Waals surface area (Å²) in [6, 6.07) is 10.4. The van der Waals surface area contributed by atoms with E-state index in [1.165, 1.54) is 6.07 Å². The number of nitrogens with zero attached hydrogens (tertiary/aromatic N) is 2. The third kappa shape index (κ3) is 2.66. The fourth-order valence-electron chi connectivity index (χ4n) is 1.76. The van der Waals surface area contributed by atoms with Gasteiger partial charge in [0.15, 0.2) is 0 Å². The predicted molar refractivity (Wildman–Crippen MR) is 68.1 cm³/mol. The van der Waals surface area contributed by atoms with Crippen molar-refractivity contribution in [2.45, 2.75) is 11.5 Å². The van der Waals surface area contributed by atoms with Crippen molar-refractivity contribution in [1.82, 2.24) is 4.57 Å². The molecule has 2 rings (SSSR count). The largest absolute Gasteiger partial charge is 0.431 e. The highest BCUT2D eigenvalue weighted by Crippen LogP contribution is 2.33. The van der Waals surface area contributed by atoms with E-state index in [4.69, 9.17) is 5.26 Å². The predicted octanol–water partition coefficient (Wildman–Crippen LogP) is 4.26. The molecule has 98 valence electrons. The summed E-state index contributed by atoms with van der Waals surface area (Å²) in [6.45, 7) is 0. The first-order valence-electron chi connectivity index (χ1n) is 5.31. The van der Waals surface area contributed by atoms with Gasteiger partial charge < -0.3 is 0 Å². The topological polar surface area (TPSA) is 28.7 Å². The number of aromatic nitrogens is 1. The van der Waals surface area contributed by atoms with E-state index in [2.05, 4.69) is 15.9 Å². The Labute approximate surface area is 116 Å². The van der Waals surface area contributed by atoms with E-state index >= 15 is 0 Å². The molecule has 0 aliphatic carbocycles. The van der Waals surface area contributed by atoms with Crippen LogP contribution in [0.1, 0.15) is 17.0 Å². The van der Waals surface area contributed by atoms with Crippen LogP contribution in [0.2, 0.25) is 0 Å². The smallest absolute Gasteiger partial charge is 0.297 e. The molecular formula is C13H8BrF3N2. The molecule has 1 aromatic heterocycles. The molecule has 1 aromatic carbocycles. The van der Waals surface area contributed by atoms with Gasteiger partial charge >= 0.3 is 6.18 Å². The third-order valence-electron chi connectivity index (χ3n) is 2.63. The number of rotatable bonds is 2. The summed E-state index contributed by atoms with van der Waals surface area (Å²) in [4.78, 5) is 0. The van der Waals surface area contributed by atoms with Crippen LogP contribution in [0, 0.1) is 11.3 Å². The average Bonchev–Trinajstić information content (AvgIpc) is 2.82. The Morgan fingerprint density at radius 2 is 1.74 bits per heavy atom. The van der Waals surface area contributed by atoms with Crippen LogP contribution in [-0.4, -0.2) is 4.57 Å². The Balaban J connectivity index is 2.59. The van der Waals surface area contributed by atoms with Gasteiger partial charge in [0, 0.05) is 11.0 Å². The summed E-state index contributed by atoms with van der Waals surface area (Å²) >= 11 is 3.27. The van der Waals surface area contributed by atoms with E-state index in [1.807, 2.05) is 0 Å². The Morgan fingerprint density at radius 3 is 2.21 bits per heavy atom. The van der Waals surface area contributed by atoms with E-state index in [0.29, 0.717) is 11.0 Å². The molecule has 0 unspecified atom stereocenters. The molecule has 0 fully saturated rings. The van der Waals surface area contributed by atoms with Crippen molar-refractivity contribution in [3.8, 4) is 11.8 Å². The summed E-state index contributed by atoms with van der Waals surface area (Å²) < 4.78 is 39.6. The average molecular weight is 329 g/mol. The van der Waals surface area contributed by atoms with Crippen LogP contribution >= 0.6 is 15.9 Å². The summed E-state index contributed by atoms with van der Waals surface area (Å²) in [5, 5.41) is 9.54. The lowest BCUT2D eigenvalue weighted by molar-refractivity contribution is -0.142. The lowest BCUT2D eigenvalue weighted by Gasteiger charge is -2.13. The lowest BCUT2D eigenvalue weighted by atomic mass is 10.2. The van der Waals surface area contributed by atoms with Crippen molar-refractivity contribution in [2.75, 3.05) is 0 Å². The van der Waals surface area contributed by atoms with E-state index in [1.54, 1.807) is 30.3 Å². The van der Waals surface area contributed by atoms with Gasteiger partial charge in [-0.25, -0.2) is 0 Å². The van der Waals surface area contributed by atoms with Crippen molar-refractivity contribution < 1.29 is 13.2 Å². The highest BCUT2D eigenvalue weighted by molar-refractivity contribution is 9.08. The van der Waals surface area contributed by atoms with Crippen molar-refractivity contribution >= 4 is 15.9 Å². The summed E-state index contributed by atoms with van der Waals surface area (Å²) in [7, 11) is 0. The monoisotopic (exact) mass is 328 g/mol. The fraction of sp³-hybridized carbons (Fsp3) is 0.154. The third-order valence-corrected chi connectivity index (χ3v) is 3.28. The number of halogens is 4. The molecule has 0 amide bonds. The first-order valence-corrected chi connectivity index (χ1v) is 6.44. The molecule has 0 aliphatic heterocycles. The van der Waals surface area contributed by atoms with Crippen LogP contribution < -0.4 is 0 Å². The van der Waals surface area contributed by atoms with Crippen molar-refractivity contribution in [3.63, 3.8) is 0 Å². The van der Waals surface area contributed by atoms with Crippen LogP contribution in [-0.2, 0) is 11.5 Å². The number of benzene rings is 1. The maximum absolute atomic E-state index is 12.9. The van der Waals surface area contributed by atoms with Gasteiger partial charge in [-0.1, -0.05) is 28.1 Å². The molecule has 0 radical (unpaired) electrons. The molecule has 0 saturated carbocycles. The minimum absolute atomic E-state index is 0.0427. The second-order valence-electron chi connectivity index (χ2n) is 3.85. The summed E-state index contributed by atoms with van der Waals surface area (Å²) in [5.74, 6) is 0. The van der Waals surface area contributed by atoms with E-state index in [-0.39, 0.29) is 5.69 Å². The molecular weight excluding hydrogens is 321 g/mol. The molecule has 0 aliphatic rings. The number of hydrogen-bond donors (Lipinski definition) is 0. The molecule has 1 heterocycles. The standard InChI is InChI=1S/C13H8BrF3N2/c14-7-9-1-3-10(4-2-9)19-11(8-18)5-6-12(19)13(15,16)17/h1-6H,7H2. The number of nitriles is 1. The van der Waals surface area contributed by atoms with Gasteiger partial charge in [0.1, 0.15) is 17.5 Å². The maximum atomic E-state index is 12.9. The van der Waals surface area contributed by atoms with E-state index in [9.17, 15) is 13.2 Å². The normalized spacial score (nSPS) is 11.3. The molecule has 2 aromatic rings. The van der Waals surface area contributed by atoms with Crippen molar-refractivity contribution in [1.29, 1.82) is 5.26 Å². The maximum Gasteiger partial charge on any atom is 0.431 e. The Bertz CT molecular complexity index is 621. The van der Waals surface area contributed by atoms with Gasteiger partial charge in [-0.05, 0) is 29.8 Å². The van der Waals surface area contributed by atoms with Gasteiger partial charge in [0.2, 0.25) is 0 Å². The molecule has 0 N–H and O–H groups in total. The second kappa shape index (κ2) is 5.10. The lowest BCUT2D eigenvalue weighted by Crippen LogP contribution is -2.13. The Morgan fingerprint density at radius 1 is 1.11 bits per heavy atom. The molecule has 0 atom stereocenters. The Hall–Kier alpha value is -1.74. The zero-order valence-corrected chi connectivity index (χ0v) is 11.2. The fourth-order valence-corrected chi connectivity index (χ4v) is 2.13. The first kappa shape index (κ1) is 13.7. The van der Waals surface area contributed by atoms with Crippen LogP contribution in [0.5, 0.6) is 0 Å². The zero-order chi connectivity index (χ0) is 14.0. The van der Waals surface area contributed by atoms with Crippen LogP contribution in [0.25, 0.3) is 5.69 Å². The molecule has 2 nitrogen and oxygen atoms in total. The van der Waals surface area contributed by atoms with E-state index in [0.717, 1.165) is 16.2 Å². The quantitative estimate of drug-likeness (QED) is 0.757. The zero-order valence-electron chi connectivity index (χ0n) is 9.58. The van der Waals surface area contributed by atoms with Crippen LogP contribution in [0.3, 0.4) is 0 Å². The number of alkyl halides is 4. The molecule has 19 heavy (non-hydrogen) atoms. The molecule has 0 bridgehead atoms. The first-order chi connectivity index (χ1) is 8.97. The highest BCUT2D eigenvalue weighted by Gasteiger charge is 2.35. The summed E-state index contributed by atoms with van der Waals surface area (Å²) in [6.07, 6.45) is -4.50. The second-order valence-corrected chi connectivity index (χ2v) is 4.41. The Kier molecular flexibility index (Phi) is 3.67. The van der Waals surface area contributed by atoms with Gasteiger partial charge in [0.05, 0.1) is 0 Å². The minimum atomic E-state index is -4.50. The molecule has 0 spiro atoms. The van der Waals surface area contributed by atoms with Gasteiger partial charge in [-0.3, -0.25) is 4.57 Å². The minimum Gasteiger partial charge on any atom is -0.297 e. The van der Waals surface area contributed by atoms with Gasteiger partial charge in [-0.2, -0.15) is 18.4 Å². The highest BCUT2D eigenvalue weighted by atomic mass is 79.9. The summed E-state index contributed by atoms with van der Waals surface area (Å²) in [5.41, 5.74) is 0.371. The van der Waals surface area contributed by atoms with E-state index < -0.39 is 11.9 Å². The van der Waals surface area contributed by atoms with Crippen molar-refractivity contribution in [3.05, 3.63) is 53.3 Å². The van der Waals surface area contributed by atoms with Gasteiger partial charge in [0.25, 0.3) is 0 Å². The molecule has 6 heteroatoms. The van der Waals surface area contributed by atoms with Crippen LogP contribution in [0.15, 0.2) is 36.4 Å². The SMILES string of the molecule is N#Cc1ccc(C(F)(F)F)n1-c1ccc(CBr)cc1. The van der Waals surface area contributed by atoms with Gasteiger partial charge in [-0.15, -0.1) is 0 Å². The number of hydrogen-bond acceptors (Lipinski definition) is 1. The van der Waals surface area contributed by atoms with Crippen molar-refractivity contribution in [2.24, 2.45) is 0 Å². The molecule has 0 saturated heterocycles. The van der Waals surface area contributed by atoms with Crippen LogP contribution in [0.4, 0.5) is 13.2 Å².